The van der Waals surface area contributed by atoms with Gasteiger partial charge in [0.15, 0.2) is 0 Å². The zero-order valence-corrected chi connectivity index (χ0v) is 15.1. The van der Waals surface area contributed by atoms with Gasteiger partial charge in [0, 0.05) is 18.1 Å². The molecule has 0 saturated carbocycles. The highest BCUT2D eigenvalue weighted by Crippen LogP contribution is 2.31. The summed E-state index contributed by atoms with van der Waals surface area (Å²) >= 11 is 12.1. The number of halogens is 2. The SMILES string of the molecule is Cc1cc(Cl)cc(Cl)c1OCCCCN1C[C@@H](C)O[C@@H](C)C1. The van der Waals surface area contributed by atoms with Crippen LogP contribution in [0.15, 0.2) is 12.1 Å². The van der Waals surface area contributed by atoms with Gasteiger partial charge in [-0.1, -0.05) is 23.2 Å². The van der Waals surface area contributed by atoms with E-state index in [4.69, 9.17) is 32.7 Å². The van der Waals surface area contributed by atoms with E-state index in [1.807, 2.05) is 13.0 Å². The zero-order chi connectivity index (χ0) is 16.1. The van der Waals surface area contributed by atoms with E-state index in [9.17, 15) is 0 Å². The molecule has 0 bridgehead atoms. The fraction of sp³-hybridized carbons (Fsp3) is 0.647. The molecule has 0 N–H and O–H groups in total. The predicted molar refractivity (Wildman–Crippen MR) is 92.4 cm³/mol. The molecule has 2 rings (SSSR count). The van der Waals surface area contributed by atoms with Gasteiger partial charge >= 0.3 is 0 Å². The maximum atomic E-state index is 6.17. The number of benzene rings is 1. The van der Waals surface area contributed by atoms with Crippen molar-refractivity contribution < 1.29 is 9.47 Å². The first-order chi connectivity index (χ1) is 10.5. The maximum absolute atomic E-state index is 6.17. The van der Waals surface area contributed by atoms with Gasteiger partial charge in [-0.25, -0.2) is 0 Å². The molecule has 1 aromatic carbocycles. The van der Waals surface area contributed by atoms with Gasteiger partial charge in [0.25, 0.3) is 0 Å². The highest BCUT2D eigenvalue weighted by Gasteiger charge is 2.21. The summed E-state index contributed by atoms with van der Waals surface area (Å²) in [5.74, 6) is 0.750. The molecule has 3 nitrogen and oxygen atoms in total. The van der Waals surface area contributed by atoms with Crippen molar-refractivity contribution in [2.24, 2.45) is 0 Å². The van der Waals surface area contributed by atoms with Gasteiger partial charge in [0.05, 0.1) is 23.8 Å². The molecule has 0 aliphatic carbocycles. The van der Waals surface area contributed by atoms with Crippen molar-refractivity contribution in [2.75, 3.05) is 26.2 Å². The third-order valence-electron chi connectivity index (χ3n) is 3.80. The summed E-state index contributed by atoms with van der Waals surface area (Å²) in [6.45, 7) is 10.0. The molecule has 1 saturated heterocycles. The summed E-state index contributed by atoms with van der Waals surface area (Å²) in [7, 11) is 0. The van der Waals surface area contributed by atoms with Crippen LogP contribution in [0.1, 0.15) is 32.3 Å². The average Bonchev–Trinajstić information content (AvgIpc) is 2.39. The molecule has 2 atom stereocenters. The number of hydrogen-bond donors (Lipinski definition) is 0. The fourth-order valence-corrected chi connectivity index (χ4v) is 3.60. The quantitative estimate of drug-likeness (QED) is 0.705. The monoisotopic (exact) mass is 345 g/mol. The first-order valence-electron chi connectivity index (χ1n) is 7.92. The van der Waals surface area contributed by atoms with Crippen molar-refractivity contribution in [1.29, 1.82) is 0 Å². The molecule has 1 aliphatic rings. The number of ether oxygens (including phenoxy) is 2. The lowest BCUT2D eigenvalue weighted by Gasteiger charge is -2.35. The number of rotatable bonds is 6. The highest BCUT2D eigenvalue weighted by molar-refractivity contribution is 6.35. The second kappa shape index (κ2) is 8.39. The summed E-state index contributed by atoms with van der Waals surface area (Å²) < 4.78 is 11.6. The van der Waals surface area contributed by atoms with Crippen molar-refractivity contribution in [3.05, 3.63) is 27.7 Å². The molecule has 0 unspecified atom stereocenters. The Kier molecular flexibility index (Phi) is 6.82. The fourth-order valence-electron chi connectivity index (χ4n) is 2.95. The van der Waals surface area contributed by atoms with Crippen LogP contribution in [0, 0.1) is 6.92 Å². The first-order valence-corrected chi connectivity index (χ1v) is 8.67. The van der Waals surface area contributed by atoms with E-state index in [-0.39, 0.29) is 0 Å². The Bertz CT molecular complexity index is 463. The minimum atomic E-state index is 0.329. The van der Waals surface area contributed by atoms with Gasteiger partial charge < -0.3 is 9.47 Å². The van der Waals surface area contributed by atoms with Crippen LogP contribution in [-0.4, -0.2) is 43.3 Å². The molecular weight excluding hydrogens is 321 g/mol. The molecule has 0 radical (unpaired) electrons. The third-order valence-corrected chi connectivity index (χ3v) is 4.30. The Balaban J connectivity index is 1.69. The van der Waals surface area contributed by atoms with Crippen LogP contribution in [0.25, 0.3) is 0 Å². The summed E-state index contributed by atoms with van der Waals surface area (Å²) in [5.41, 5.74) is 0.980. The zero-order valence-electron chi connectivity index (χ0n) is 13.6. The van der Waals surface area contributed by atoms with Crippen molar-refractivity contribution in [2.45, 2.75) is 45.8 Å². The highest BCUT2D eigenvalue weighted by atomic mass is 35.5. The van der Waals surface area contributed by atoms with Crippen LogP contribution in [0.4, 0.5) is 0 Å². The van der Waals surface area contributed by atoms with Crippen molar-refractivity contribution in [3.8, 4) is 5.75 Å². The van der Waals surface area contributed by atoms with Crippen LogP contribution >= 0.6 is 23.2 Å². The van der Waals surface area contributed by atoms with E-state index < -0.39 is 0 Å². The summed E-state index contributed by atoms with van der Waals surface area (Å²) in [6.07, 6.45) is 2.79. The Morgan fingerprint density at radius 3 is 2.50 bits per heavy atom. The lowest BCUT2D eigenvalue weighted by atomic mass is 10.2. The van der Waals surface area contributed by atoms with E-state index in [0.717, 1.165) is 43.8 Å². The van der Waals surface area contributed by atoms with E-state index in [1.54, 1.807) is 6.07 Å². The van der Waals surface area contributed by atoms with E-state index >= 15 is 0 Å². The standard InChI is InChI=1S/C17H25Cl2NO2/c1-12-8-15(18)9-16(19)17(12)21-7-5-4-6-20-10-13(2)22-14(3)11-20/h8-9,13-14H,4-7,10-11H2,1-3H3/t13-,14+. The molecule has 1 heterocycles. The second-order valence-corrected chi connectivity index (χ2v) is 6.95. The van der Waals surface area contributed by atoms with Gasteiger partial charge in [0.1, 0.15) is 5.75 Å². The maximum Gasteiger partial charge on any atom is 0.140 e. The molecule has 1 aliphatic heterocycles. The number of aryl methyl sites for hydroxylation is 1. The van der Waals surface area contributed by atoms with Gasteiger partial charge in [-0.2, -0.15) is 0 Å². The molecule has 124 valence electrons. The van der Waals surface area contributed by atoms with Gasteiger partial charge in [-0.15, -0.1) is 0 Å². The Labute approximate surface area is 143 Å². The molecule has 0 amide bonds. The van der Waals surface area contributed by atoms with E-state index in [1.165, 1.54) is 0 Å². The second-order valence-electron chi connectivity index (χ2n) is 6.11. The van der Waals surface area contributed by atoms with Crippen LogP contribution in [0.5, 0.6) is 5.75 Å². The summed E-state index contributed by atoms with van der Waals surface area (Å²) in [4.78, 5) is 2.47. The van der Waals surface area contributed by atoms with Gasteiger partial charge in [0.2, 0.25) is 0 Å². The van der Waals surface area contributed by atoms with Gasteiger partial charge in [-0.05, 0) is 57.9 Å². The smallest absolute Gasteiger partial charge is 0.140 e. The minimum absolute atomic E-state index is 0.329. The molecule has 1 aromatic rings. The topological polar surface area (TPSA) is 21.7 Å². The van der Waals surface area contributed by atoms with Crippen LogP contribution < -0.4 is 4.74 Å². The Morgan fingerprint density at radius 2 is 1.86 bits per heavy atom. The number of morpholine rings is 1. The largest absolute Gasteiger partial charge is 0.492 e. The average molecular weight is 346 g/mol. The number of unbranched alkanes of at least 4 members (excludes halogenated alkanes) is 1. The van der Waals surface area contributed by atoms with Crippen molar-refractivity contribution >= 4 is 23.2 Å². The summed E-state index contributed by atoms with van der Waals surface area (Å²) in [5, 5.41) is 1.23. The predicted octanol–water partition coefficient (Wildman–Crippen LogP) is 4.57. The number of hydrogen-bond acceptors (Lipinski definition) is 3. The van der Waals surface area contributed by atoms with E-state index in [0.29, 0.717) is 28.9 Å². The molecule has 0 aromatic heterocycles. The molecule has 5 heteroatoms. The van der Waals surface area contributed by atoms with Crippen LogP contribution in [0.2, 0.25) is 10.0 Å². The summed E-state index contributed by atoms with van der Waals surface area (Å²) in [6, 6.07) is 3.60. The van der Waals surface area contributed by atoms with Crippen LogP contribution in [0.3, 0.4) is 0 Å². The van der Waals surface area contributed by atoms with E-state index in [2.05, 4.69) is 18.7 Å². The third kappa shape index (κ3) is 5.31. The lowest BCUT2D eigenvalue weighted by Crippen LogP contribution is -2.45. The molecular formula is C17H25Cl2NO2. The van der Waals surface area contributed by atoms with Crippen molar-refractivity contribution in [1.82, 2.24) is 4.90 Å². The molecule has 22 heavy (non-hydrogen) atoms. The Morgan fingerprint density at radius 1 is 1.18 bits per heavy atom. The Hall–Kier alpha value is -0.480. The van der Waals surface area contributed by atoms with Crippen molar-refractivity contribution in [3.63, 3.8) is 0 Å². The first kappa shape index (κ1) is 17.9. The molecule has 1 fully saturated rings. The normalized spacial score (nSPS) is 22.8. The van der Waals surface area contributed by atoms with Crippen LogP contribution in [-0.2, 0) is 4.74 Å². The number of nitrogens with zero attached hydrogens (tertiary/aromatic N) is 1. The van der Waals surface area contributed by atoms with Gasteiger partial charge in [-0.3, -0.25) is 4.90 Å². The minimum Gasteiger partial charge on any atom is -0.492 e. The lowest BCUT2D eigenvalue weighted by molar-refractivity contribution is -0.0682. The molecule has 0 spiro atoms.